The smallest absolute Gasteiger partial charge is 0.228 e. The van der Waals surface area contributed by atoms with Crippen molar-refractivity contribution in [1.29, 1.82) is 0 Å². The van der Waals surface area contributed by atoms with Gasteiger partial charge in [-0.2, -0.15) is 12.6 Å². The molecule has 0 saturated carbocycles. The number of carbonyl (C=O) groups excluding carboxylic acids is 1. The molecule has 1 unspecified atom stereocenters. The van der Waals surface area contributed by atoms with Gasteiger partial charge in [-0.15, -0.1) is 0 Å². The Morgan fingerprint density at radius 3 is 2.68 bits per heavy atom. The summed E-state index contributed by atoms with van der Waals surface area (Å²) in [5.41, 5.74) is 2.84. The quantitative estimate of drug-likeness (QED) is 0.851. The minimum Gasteiger partial charge on any atom is -0.311 e. The Morgan fingerprint density at radius 2 is 2.00 bits per heavy atom. The molecule has 1 saturated heterocycles. The van der Waals surface area contributed by atoms with E-state index >= 15 is 0 Å². The maximum absolute atomic E-state index is 11.9. The van der Waals surface area contributed by atoms with Gasteiger partial charge in [-0.05, 0) is 12.1 Å². The van der Waals surface area contributed by atoms with E-state index in [4.69, 9.17) is 0 Å². The van der Waals surface area contributed by atoms with Crippen molar-refractivity contribution in [1.82, 2.24) is 4.98 Å². The zero-order valence-corrected chi connectivity index (χ0v) is 11.3. The summed E-state index contributed by atoms with van der Waals surface area (Å²) in [5.74, 6) is 0.130. The average molecular weight is 270 g/mol. The Hall–Kier alpha value is -1.81. The van der Waals surface area contributed by atoms with E-state index in [0.29, 0.717) is 13.0 Å². The van der Waals surface area contributed by atoms with Crippen molar-refractivity contribution >= 4 is 24.2 Å². The first-order valence-electron chi connectivity index (χ1n) is 6.24. The number of hydrogen-bond donors (Lipinski definition) is 1. The molecule has 2 aromatic rings. The van der Waals surface area contributed by atoms with Crippen LogP contribution in [0.4, 0.5) is 5.69 Å². The van der Waals surface area contributed by atoms with Crippen molar-refractivity contribution < 1.29 is 4.79 Å². The van der Waals surface area contributed by atoms with Crippen molar-refractivity contribution in [3.05, 3.63) is 48.7 Å². The van der Waals surface area contributed by atoms with Crippen LogP contribution in [0.1, 0.15) is 6.42 Å². The predicted octanol–water partition coefficient (Wildman–Crippen LogP) is 2.78. The summed E-state index contributed by atoms with van der Waals surface area (Å²) in [5, 5.41) is 0.126. The topological polar surface area (TPSA) is 33.2 Å². The Balaban J connectivity index is 1.95. The minimum atomic E-state index is 0.126. The lowest BCUT2D eigenvalue weighted by molar-refractivity contribution is -0.117. The molecule has 0 radical (unpaired) electrons. The average Bonchev–Trinajstić information content (AvgIpc) is 2.79. The molecule has 2 heterocycles. The third-order valence-corrected chi connectivity index (χ3v) is 3.58. The zero-order chi connectivity index (χ0) is 13.2. The molecular formula is C15H14N2OS. The zero-order valence-electron chi connectivity index (χ0n) is 10.4. The number of benzene rings is 1. The maximum atomic E-state index is 11.9. The van der Waals surface area contributed by atoms with Gasteiger partial charge in [0, 0.05) is 35.7 Å². The molecule has 3 nitrogen and oxygen atoms in total. The van der Waals surface area contributed by atoms with Gasteiger partial charge in [0.15, 0.2) is 0 Å². The van der Waals surface area contributed by atoms with E-state index in [2.05, 4.69) is 17.6 Å². The summed E-state index contributed by atoms with van der Waals surface area (Å²) in [6, 6.07) is 13.8. The van der Waals surface area contributed by atoms with Crippen molar-refractivity contribution in [2.75, 3.05) is 11.4 Å². The number of anilines is 1. The van der Waals surface area contributed by atoms with Crippen LogP contribution in [0.5, 0.6) is 0 Å². The molecule has 1 amide bonds. The Labute approximate surface area is 117 Å². The molecule has 0 spiro atoms. The summed E-state index contributed by atoms with van der Waals surface area (Å²) < 4.78 is 0. The Kier molecular flexibility index (Phi) is 3.25. The van der Waals surface area contributed by atoms with Gasteiger partial charge < -0.3 is 4.90 Å². The number of pyridine rings is 1. The van der Waals surface area contributed by atoms with E-state index in [1.165, 1.54) is 0 Å². The van der Waals surface area contributed by atoms with Gasteiger partial charge in [-0.25, -0.2) is 0 Å². The fourth-order valence-electron chi connectivity index (χ4n) is 2.29. The molecule has 19 heavy (non-hydrogen) atoms. The minimum absolute atomic E-state index is 0.126. The second-order valence-electron chi connectivity index (χ2n) is 4.63. The van der Waals surface area contributed by atoms with E-state index in [-0.39, 0.29) is 11.2 Å². The van der Waals surface area contributed by atoms with Crippen LogP contribution in [0.15, 0.2) is 48.7 Å². The highest BCUT2D eigenvalue weighted by Crippen LogP contribution is 2.27. The summed E-state index contributed by atoms with van der Waals surface area (Å²) in [6.45, 7) is 0.667. The number of carbonyl (C=O) groups is 1. The molecule has 1 aliphatic rings. The van der Waals surface area contributed by atoms with Crippen molar-refractivity contribution in [2.45, 2.75) is 11.7 Å². The molecule has 3 rings (SSSR count). The molecule has 1 fully saturated rings. The van der Waals surface area contributed by atoms with Gasteiger partial charge >= 0.3 is 0 Å². The van der Waals surface area contributed by atoms with Gasteiger partial charge in [0.2, 0.25) is 5.91 Å². The largest absolute Gasteiger partial charge is 0.311 e. The predicted molar refractivity (Wildman–Crippen MR) is 79.4 cm³/mol. The fraction of sp³-hybridized carbons (Fsp3) is 0.200. The Bertz CT molecular complexity index is 600. The molecule has 1 aliphatic heterocycles. The highest BCUT2D eigenvalue weighted by molar-refractivity contribution is 7.81. The highest BCUT2D eigenvalue weighted by atomic mass is 32.1. The number of aromatic nitrogens is 1. The molecule has 96 valence electrons. The van der Waals surface area contributed by atoms with E-state index in [1.54, 1.807) is 11.1 Å². The fourth-order valence-corrected chi connectivity index (χ4v) is 2.61. The second kappa shape index (κ2) is 5.05. The first-order valence-corrected chi connectivity index (χ1v) is 6.75. The summed E-state index contributed by atoms with van der Waals surface area (Å²) in [7, 11) is 0. The van der Waals surface area contributed by atoms with Crippen LogP contribution in [0, 0.1) is 0 Å². The first-order chi connectivity index (χ1) is 9.24. The second-order valence-corrected chi connectivity index (χ2v) is 5.36. The maximum Gasteiger partial charge on any atom is 0.228 e. The van der Waals surface area contributed by atoms with Crippen LogP contribution in [0.2, 0.25) is 0 Å². The third kappa shape index (κ3) is 2.49. The first kappa shape index (κ1) is 12.2. The Morgan fingerprint density at radius 1 is 1.21 bits per heavy atom. The summed E-state index contributed by atoms with van der Waals surface area (Å²) >= 11 is 4.38. The van der Waals surface area contributed by atoms with E-state index in [9.17, 15) is 4.79 Å². The number of nitrogens with zero attached hydrogens (tertiary/aromatic N) is 2. The van der Waals surface area contributed by atoms with Crippen LogP contribution in [-0.4, -0.2) is 22.7 Å². The van der Waals surface area contributed by atoms with Crippen molar-refractivity contribution in [3.63, 3.8) is 0 Å². The summed E-state index contributed by atoms with van der Waals surface area (Å²) in [4.78, 5) is 18.0. The molecular weight excluding hydrogens is 256 g/mol. The standard InChI is InChI=1S/C15H14N2OS/c18-15-9-13(19)10-17(15)12-6-7-16-14(8-12)11-4-2-1-3-5-11/h1-8,13,19H,9-10H2. The van der Waals surface area contributed by atoms with Gasteiger partial charge in [0.25, 0.3) is 0 Å². The van der Waals surface area contributed by atoms with E-state index in [1.807, 2.05) is 42.5 Å². The lowest BCUT2D eigenvalue weighted by Gasteiger charge is -2.16. The number of rotatable bonds is 2. The normalized spacial score (nSPS) is 18.9. The monoisotopic (exact) mass is 270 g/mol. The highest BCUT2D eigenvalue weighted by Gasteiger charge is 2.28. The van der Waals surface area contributed by atoms with Gasteiger partial charge in [-0.1, -0.05) is 30.3 Å². The molecule has 0 aliphatic carbocycles. The lowest BCUT2D eigenvalue weighted by atomic mass is 10.1. The molecule has 1 aromatic heterocycles. The van der Waals surface area contributed by atoms with Crippen LogP contribution < -0.4 is 4.90 Å². The number of amides is 1. The SMILES string of the molecule is O=C1CC(S)CN1c1ccnc(-c2ccccc2)c1. The van der Waals surface area contributed by atoms with E-state index in [0.717, 1.165) is 16.9 Å². The molecule has 0 bridgehead atoms. The number of hydrogen-bond acceptors (Lipinski definition) is 3. The van der Waals surface area contributed by atoms with Crippen LogP contribution in [-0.2, 0) is 4.79 Å². The van der Waals surface area contributed by atoms with Crippen LogP contribution >= 0.6 is 12.6 Å². The van der Waals surface area contributed by atoms with Gasteiger partial charge in [0.05, 0.1) is 5.69 Å². The molecule has 1 aromatic carbocycles. The van der Waals surface area contributed by atoms with Crippen molar-refractivity contribution in [2.24, 2.45) is 0 Å². The molecule has 4 heteroatoms. The van der Waals surface area contributed by atoms with E-state index < -0.39 is 0 Å². The number of thiol groups is 1. The van der Waals surface area contributed by atoms with Gasteiger partial charge in [0.1, 0.15) is 0 Å². The molecule has 1 atom stereocenters. The van der Waals surface area contributed by atoms with Crippen LogP contribution in [0.25, 0.3) is 11.3 Å². The van der Waals surface area contributed by atoms with Gasteiger partial charge in [-0.3, -0.25) is 9.78 Å². The lowest BCUT2D eigenvalue weighted by Crippen LogP contribution is -2.24. The molecule has 0 N–H and O–H groups in total. The third-order valence-electron chi connectivity index (χ3n) is 3.23. The van der Waals surface area contributed by atoms with Crippen LogP contribution in [0.3, 0.4) is 0 Å². The summed E-state index contributed by atoms with van der Waals surface area (Å²) in [6.07, 6.45) is 2.25. The van der Waals surface area contributed by atoms with Crippen molar-refractivity contribution in [3.8, 4) is 11.3 Å².